The number of hydrogen-bond donors (Lipinski definition) is 1. The first-order valence-electron chi connectivity index (χ1n) is 6.17. The minimum atomic E-state index is -0.111. The van der Waals surface area contributed by atoms with Gasteiger partial charge in [0.25, 0.3) is 0 Å². The summed E-state index contributed by atoms with van der Waals surface area (Å²) in [6, 6.07) is 9.68. The lowest BCUT2D eigenvalue weighted by atomic mass is 10.2. The van der Waals surface area contributed by atoms with Gasteiger partial charge in [0.15, 0.2) is 0 Å². The highest BCUT2D eigenvalue weighted by Crippen LogP contribution is 2.10. The molecule has 0 bridgehead atoms. The SMILES string of the molecule is CC(NC(=O)C=Cc1ccccc1)c1cnn(C)c1. The zero-order valence-electron chi connectivity index (χ0n) is 11.1. The van der Waals surface area contributed by atoms with Crippen LogP contribution in [-0.4, -0.2) is 15.7 Å². The molecule has 2 aromatic rings. The molecule has 0 aliphatic heterocycles. The minimum absolute atomic E-state index is 0.0541. The Hall–Kier alpha value is -2.36. The molecular formula is C15H17N3O. The zero-order chi connectivity index (χ0) is 13.7. The Morgan fingerprint density at radius 1 is 1.37 bits per heavy atom. The number of nitrogens with one attached hydrogen (secondary N) is 1. The Labute approximate surface area is 112 Å². The number of aromatic nitrogens is 2. The second-order valence-electron chi connectivity index (χ2n) is 4.42. The monoisotopic (exact) mass is 255 g/mol. The van der Waals surface area contributed by atoms with E-state index in [2.05, 4.69) is 10.4 Å². The fourth-order valence-corrected chi connectivity index (χ4v) is 1.74. The molecule has 1 aromatic heterocycles. The second kappa shape index (κ2) is 6.00. The average molecular weight is 255 g/mol. The highest BCUT2D eigenvalue weighted by atomic mass is 16.1. The van der Waals surface area contributed by atoms with E-state index in [1.54, 1.807) is 23.0 Å². The smallest absolute Gasteiger partial charge is 0.244 e. The van der Waals surface area contributed by atoms with Crippen molar-refractivity contribution in [1.29, 1.82) is 0 Å². The maximum atomic E-state index is 11.8. The third kappa shape index (κ3) is 3.81. The molecule has 0 saturated carbocycles. The molecule has 0 saturated heterocycles. The van der Waals surface area contributed by atoms with E-state index in [4.69, 9.17) is 0 Å². The van der Waals surface area contributed by atoms with Gasteiger partial charge in [-0.05, 0) is 18.6 Å². The van der Waals surface area contributed by atoms with Crippen molar-refractivity contribution in [1.82, 2.24) is 15.1 Å². The molecule has 2 rings (SSSR count). The van der Waals surface area contributed by atoms with E-state index in [1.807, 2.05) is 50.5 Å². The van der Waals surface area contributed by atoms with Gasteiger partial charge < -0.3 is 5.32 Å². The molecule has 0 radical (unpaired) electrons. The Bertz CT molecular complexity index is 572. The maximum Gasteiger partial charge on any atom is 0.244 e. The number of nitrogens with zero attached hydrogens (tertiary/aromatic N) is 2. The Kier molecular flexibility index (Phi) is 4.13. The van der Waals surface area contributed by atoms with Crippen molar-refractivity contribution in [2.24, 2.45) is 7.05 Å². The maximum absolute atomic E-state index is 11.8. The number of hydrogen-bond acceptors (Lipinski definition) is 2. The number of amides is 1. The van der Waals surface area contributed by atoms with Gasteiger partial charge in [0, 0.05) is 24.9 Å². The molecular weight excluding hydrogens is 238 g/mol. The Balaban J connectivity index is 1.93. The number of benzene rings is 1. The topological polar surface area (TPSA) is 46.9 Å². The van der Waals surface area contributed by atoms with E-state index in [1.165, 1.54) is 0 Å². The van der Waals surface area contributed by atoms with Gasteiger partial charge in [-0.15, -0.1) is 0 Å². The molecule has 1 N–H and O–H groups in total. The lowest BCUT2D eigenvalue weighted by molar-refractivity contribution is -0.117. The van der Waals surface area contributed by atoms with E-state index in [0.29, 0.717) is 0 Å². The van der Waals surface area contributed by atoms with Gasteiger partial charge in [0.05, 0.1) is 12.2 Å². The second-order valence-corrected chi connectivity index (χ2v) is 4.42. The summed E-state index contributed by atoms with van der Waals surface area (Å²) in [5.41, 5.74) is 2.00. The summed E-state index contributed by atoms with van der Waals surface area (Å²) >= 11 is 0. The van der Waals surface area contributed by atoms with Gasteiger partial charge in [0.2, 0.25) is 5.91 Å². The van der Waals surface area contributed by atoms with Crippen LogP contribution in [0.25, 0.3) is 6.08 Å². The normalized spacial score (nSPS) is 12.5. The highest BCUT2D eigenvalue weighted by molar-refractivity contribution is 5.91. The Morgan fingerprint density at radius 3 is 2.74 bits per heavy atom. The molecule has 1 heterocycles. The highest BCUT2D eigenvalue weighted by Gasteiger charge is 2.08. The van der Waals surface area contributed by atoms with Crippen LogP contribution in [0.15, 0.2) is 48.8 Å². The molecule has 1 unspecified atom stereocenters. The molecule has 4 heteroatoms. The van der Waals surface area contributed by atoms with Crippen LogP contribution >= 0.6 is 0 Å². The summed E-state index contributed by atoms with van der Waals surface area (Å²) in [7, 11) is 1.85. The van der Waals surface area contributed by atoms with Crippen LogP contribution in [0.5, 0.6) is 0 Å². The van der Waals surface area contributed by atoms with Crippen LogP contribution in [0.4, 0.5) is 0 Å². The molecule has 1 atom stereocenters. The lowest BCUT2D eigenvalue weighted by Gasteiger charge is -2.09. The van der Waals surface area contributed by atoms with Crippen molar-refractivity contribution in [3.05, 3.63) is 59.9 Å². The van der Waals surface area contributed by atoms with Crippen molar-refractivity contribution in [2.45, 2.75) is 13.0 Å². The Morgan fingerprint density at radius 2 is 2.11 bits per heavy atom. The molecule has 0 aliphatic carbocycles. The van der Waals surface area contributed by atoms with Gasteiger partial charge in [0.1, 0.15) is 0 Å². The van der Waals surface area contributed by atoms with Gasteiger partial charge >= 0.3 is 0 Å². The fraction of sp³-hybridized carbons (Fsp3) is 0.200. The third-order valence-corrected chi connectivity index (χ3v) is 2.81. The van der Waals surface area contributed by atoms with Crippen LogP contribution < -0.4 is 5.32 Å². The van der Waals surface area contributed by atoms with Crippen molar-refractivity contribution >= 4 is 12.0 Å². The summed E-state index contributed by atoms with van der Waals surface area (Å²) in [6.45, 7) is 1.94. The number of carbonyl (C=O) groups excluding carboxylic acids is 1. The van der Waals surface area contributed by atoms with Crippen LogP contribution in [0.3, 0.4) is 0 Å². The lowest BCUT2D eigenvalue weighted by Crippen LogP contribution is -2.24. The zero-order valence-corrected chi connectivity index (χ0v) is 11.1. The van der Waals surface area contributed by atoms with Gasteiger partial charge in [-0.2, -0.15) is 5.10 Å². The van der Waals surface area contributed by atoms with Crippen molar-refractivity contribution in [2.75, 3.05) is 0 Å². The molecule has 1 amide bonds. The van der Waals surface area contributed by atoms with E-state index in [0.717, 1.165) is 11.1 Å². The summed E-state index contributed by atoms with van der Waals surface area (Å²) in [4.78, 5) is 11.8. The average Bonchev–Trinajstić information content (AvgIpc) is 2.84. The van der Waals surface area contributed by atoms with E-state index < -0.39 is 0 Å². The van der Waals surface area contributed by atoms with Gasteiger partial charge in [-0.25, -0.2) is 0 Å². The summed E-state index contributed by atoms with van der Waals surface area (Å²) in [5, 5.41) is 6.99. The van der Waals surface area contributed by atoms with Crippen molar-refractivity contribution in [3.63, 3.8) is 0 Å². The first kappa shape index (κ1) is 13.1. The number of aryl methyl sites for hydroxylation is 1. The molecule has 19 heavy (non-hydrogen) atoms. The number of carbonyl (C=O) groups is 1. The molecule has 1 aromatic carbocycles. The minimum Gasteiger partial charge on any atom is -0.346 e. The number of rotatable bonds is 4. The summed E-state index contributed by atoms with van der Waals surface area (Å²) in [5.74, 6) is -0.111. The molecule has 0 fully saturated rings. The van der Waals surface area contributed by atoms with Crippen LogP contribution in [0, 0.1) is 0 Å². The first-order valence-corrected chi connectivity index (χ1v) is 6.17. The largest absolute Gasteiger partial charge is 0.346 e. The summed E-state index contributed by atoms with van der Waals surface area (Å²) in [6.07, 6.45) is 6.99. The summed E-state index contributed by atoms with van der Waals surface area (Å²) < 4.78 is 1.72. The van der Waals surface area contributed by atoms with Gasteiger partial charge in [-0.3, -0.25) is 9.48 Å². The molecule has 0 spiro atoms. The fourth-order valence-electron chi connectivity index (χ4n) is 1.74. The predicted molar refractivity (Wildman–Crippen MR) is 75.2 cm³/mol. The quantitative estimate of drug-likeness (QED) is 0.852. The van der Waals surface area contributed by atoms with Gasteiger partial charge in [-0.1, -0.05) is 30.3 Å². The molecule has 4 nitrogen and oxygen atoms in total. The molecule has 98 valence electrons. The van der Waals surface area contributed by atoms with Crippen molar-refractivity contribution in [3.8, 4) is 0 Å². The van der Waals surface area contributed by atoms with E-state index in [-0.39, 0.29) is 11.9 Å². The van der Waals surface area contributed by atoms with Crippen molar-refractivity contribution < 1.29 is 4.79 Å². The van der Waals surface area contributed by atoms with Crippen LogP contribution in [-0.2, 0) is 11.8 Å². The van der Waals surface area contributed by atoms with E-state index in [9.17, 15) is 4.79 Å². The standard InChI is InChI=1S/C15H17N3O/c1-12(14-10-16-18(2)11-14)17-15(19)9-8-13-6-4-3-5-7-13/h3-12H,1-2H3,(H,17,19). The van der Waals surface area contributed by atoms with E-state index >= 15 is 0 Å². The third-order valence-electron chi connectivity index (χ3n) is 2.81. The predicted octanol–water partition coefficient (Wildman–Crippen LogP) is 2.31. The molecule has 0 aliphatic rings. The first-order chi connectivity index (χ1) is 9.15. The van der Waals surface area contributed by atoms with Crippen LogP contribution in [0.2, 0.25) is 0 Å². The van der Waals surface area contributed by atoms with Crippen LogP contribution in [0.1, 0.15) is 24.1 Å².